The van der Waals surface area contributed by atoms with Crippen molar-refractivity contribution < 1.29 is 33.9 Å². The third-order valence-corrected chi connectivity index (χ3v) is 7.70. The van der Waals surface area contributed by atoms with Gasteiger partial charge in [0.15, 0.2) is 11.7 Å². The summed E-state index contributed by atoms with van der Waals surface area (Å²) < 4.78 is 0. The Labute approximate surface area is 267 Å². The first-order valence-electron chi connectivity index (χ1n) is 14.8. The molecule has 7 N–H and O–H groups in total. The highest BCUT2D eigenvalue weighted by Gasteiger charge is 2.46. The molecule has 0 spiro atoms. The first-order chi connectivity index (χ1) is 21.5. The molecule has 4 atom stereocenters. The number of ketones is 1. The van der Waals surface area contributed by atoms with Gasteiger partial charge in [0.1, 0.15) is 25.3 Å². The first-order valence-corrected chi connectivity index (χ1v) is 14.8. The minimum absolute atomic E-state index is 0.00999. The summed E-state index contributed by atoms with van der Waals surface area (Å²) in [7, 11) is 1.92. The molecule has 2 fully saturated rings. The van der Waals surface area contributed by atoms with Crippen molar-refractivity contribution in [3.05, 3.63) is 35.9 Å². The van der Waals surface area contributed by atoms with Crippen LogP contribution in [0, 0.1) is 5.41 Å². The molecule has 4 unspecified atom stereocenters. The van der Waals surface area contributed by atoms with Gasteiger partial charge in [0.05, 0.1) is 6.04 Å². The highest BCUT2D eigenvalue weighted by atomic mass is 16.3. The van der Waals surface area contributed by atoms with E-state index in [-0.39, 0.29) is 30.2 Å². The lowest BCUT2D eigenvalue weighted by atomic mass is 9.94. The molecule has 3 rings (SSSR count). The fraction of sp³-hybridized carbons (Fsp3) is 0.581. The van der Waals surface area contributed by atoms with E-state index in [9.17, 15) is 14.4 Å². The van der Waals surface area contributed by atoms with E-state index in [2.05, 4.69) is 36.5 Å². The quantitative estimate of drug-likeness (QED) is 0.139. The summed E-state index contributed by atoms with van der Waals surface area (Å²) in [6.45, 7) is 11.3. The van der Waals surface area contributed by atoms with Gasteiger partial charge in [-0.05, 0) is 71.0 Å². The SMILES string of the molecule is C=O.C=O.CCN(C)CC1(N)CCC(C(=O)NC(CC2CCCCN2C(=N)N)C(C)=O)N1C=O.CCc1ccccc1.O=CO. The number of nitrogens with zero attached hydrogens (tertiary/aromatic N) is 3. The number of Topliss-reactive ketones (excluding diaryl/α,β-unsaturated/α-hetero) is 1. The number of carbonyl (C=O) groups excluding carboxylic acids is 5. The maximum Gasteiger partial charge on any atom is 0.290 e. The van der Waals surface area contributed by atoms with Crippen molar-refractivity contribution in [1.82, 2.24) is 20.0 Å². The summed E-state index contributed by atoms with van der Waals surface area (Å²) in [5.74, 6) is -0.527. The maximum atomic E-state index is 13.0. The van der Waals surface area contributed by atoms with Gasteiger partial charge >= 0.3 is 0 Å². The summed E-state index contributed by atoms with van der Waals surface area (Å²) in [6, 6.07) is 9.00. The second-order valence-corrected chi connectivity index (χ2v) is 10.6. The summed E-state index contributed by atoms with van der Waals surface area (Å²) >= 11 is 0. The van der Waals surface area contributed by atoms with Gasteiger partial charge in [0, 0.05) is 19.1 Å². The van der Waals surface area contributed by atoms with Crippen LogP contribution in [-0.4, -0.2) is 114 Å². The van der Waals surface area contributed by atoms with E-state index >= 15 is 0 Å². The van der Waals surface area contributed by atoms with Crippen LogP contribution in [0.1, 0.15) is 64.9 Å². The van der Waals surface area contributed by atoms with Crippen LogP contribution < -0.4 is 16.8 Å². The molecule has 0 radical (unpaired) electrons. The number of aryl methyl sites for hydroxylation is 1. The van der Waals surface area contributed by atoms with Crippen molar-refractivity contribution in [3.63, 3.8) is 0 Å². The van der Waals surface area contributed by atoms with E-state index in [0.717, 1.165) is 32.2 Å². The Bertz CT molecular complexity index is 1020. The van der Waals surface area contributed by atoms with Crippen molar-refractivity contribution in [2.75, 3.05) is 26.7 Å². The average Bonchev–Trinajstić information content (AvgIpc) is 3.39. The lowest BCUT2D eigenvalue weighted by Crippen LogP contribution is -2.62. The lowest BCUT2D eigenvalue weighted by molar-refractivity contribution is -0.137. The van der Waals surface area contributed by atoms with Crippen molar-refractivity contribution in [1.29, 1.82) is 5.41 Å². The number of likely N-dealkylation sites (tertiary alicyclic amines) is 2. The number of benzene rings is 1. The Balaban J connectivity index is 0. The summed E-state index contributed by atoms with van der Waals surface area (Å²) in [4.78, 5) is 66.7. The molecule has 14 heteroatoms. The van der Waals surface area contributed by atoms with Crippen LogP contribution in [0.3, 0.4) is 0 Å². The monoisotopic (exact) mass is 635 g/mol. The summed E-state index contributed by atoms with van der Waals surface area (Å²) in [5.41, 5.74) is 12.7. The zero-order valence-corrected chi connectivity index (χ0v) is 27.2. The maximum absolute atomic E-state index is 13.0. The molecule has 2 aliphatic heterocycles. The second kappa shape index (κ2) is 24.2. The van der Waals surface area contributed by atoms with E-state index in [1.807, 2.05) is 38.5 Å². The Hall–Kier alpha value is -4.17. The normalized spacial score (nSPS) is 20.6. The van der Waals surface area contributed by atoms with Crippen molar-refractivity contribution in [3.8, 4) is 0 Å². The predicted molar refractivity (Wildman–Crippen MR) is 173 cm³/mol. The fourth-order valence-electron chi connectivity index (χ4n) is 5.28. The molecule has 2 aliphatic rings. The van der Waals surface area contributed by atoms with Crippen molar-refractivity contribution in [2.24, 2.45) is 11.5 Å². The van der Waals surface area contributed by atoms with Gasteiger partial charge in [-0.15, -0.1) is 0 Å². The van der Waals surface area contributed by atoms with Crippen LogP contribution in [0.2, 0.25) is 0 Å². The molecular formula is C31H53N7O7. The number of piperidine rings is 1. The molecule has 2 amide bonds. The standard InChI is InChI=1S/C20H37N7O3.C8H10.CH2O2.2CH2O/c1-4-25(3)12-20(23)9-8-17(27(20)13-28)18(30)24-16(14(2)29)11-15-7-5-6-10-26(15)19(21)22;1-2-8-6-4-3-5-7-8;2-1-3;2*1-2/h13,15-17H,4-12,23H2,1-3H3,(H3,21,22)(H,24,30);3-7H,2H2,1H3;1H,(H,2,3);2*1H2. The fourth-order valence-corrected chi connectivity index (χ4v) is 5.28. The molecule has 0 bridgehead atoms. The van der Waals surface area contributed by atoms with Gasteiger partial charge in [0.25, 0.3) is 6.47 Å². The number of carbonyl (C=O) groups is 6. The Morgan fingerprint density at radius 2 is 1.73 bits per heavy atom. The minimum atomic E-state index is -0.908. The van der Waals surface area contributed by atoms with Crippen LogP contribution in [0.25, 0.3) is 0 Å². The number of nitrogens with one attached hydrogen (secondary N) is 2. The number of guanidine groups is 1. The molecular weight excluding hydrogens is 582 g/mol. The number of hydrogen-bond acceptors (Lipinski definition) is 9. The molecule has 0 saturated carbocycles. The van der Waals surface area contributed by atoms with Crippen molar-refractivity contribution in [2.45, 2.75) is 89.5 Å². The molecule has 0 aliphatic carbocycles. The molecule has 14 nitrogen and oxygen atoms in total. The summed E-state index contributed by atoms with van der Waals surface area (Å²) in [6.07, 6.45) is 5.90. The van der Waals surface area contributed by atoms with E-state index in [4.69, 9.17) is 36.4 Å². The Morgan fingerprint density at radius 3 is 2.18 bits per heavy atom. The van der Waals surface area contributed by atoms with Crippen LogP contribution in [-0.2, 0) is 35.2 Å². The average molecular weight is 636 g/mol. The molecule has 45 heavy (non-hydrogen) atoms. The van der Waals surface area contributed by atoms with Crippen LogP contribution in [0.4, 0.5) is 0 Å². The number of carboxylic acid groups (broad SMARTS) is 1. The van der Waals surface area contributed by atoms with E-state index in [0.29, 0.717) is 38.8 Å². The van der Waals surface area contributed by atoms with Crippen LogP contribution in [0.5, 0.6) is 0 Å². The first kappa shape index (κ1) is 43.0. The molecule has 1 aromatic carbocycles. The number of nitrogens with two attached hydrogens (primary N) is 2. The molecule has 2 saturated heterocycles. The minimum Gasteiger partial charge on any atom is -0.483 e. The lowest BCUT2D eigenvalue weighted by Gasteiger charge is -2.39. The number of amides is 2. The molecule has 254 valence electrons. The number of rotatable bonds is 10. The predicted octanol–water partition coefficient (Wildman–Crippen LogP) is 1.01. The second-order valence-electron chi connectivity index (χ2n) is 10.6. The van der Waals surface area contributed by atoms with E-state index in [1.54, 1.807) is 4.90 Å². The van der Waals surface area contributed by atoms with Gasteiger partial charge in [-0.3, -0.25) is 24.6 Å². The highest BCUT2D eigenvalue weighted by Crippen LogP contribution is 2.30. The molecule has 1 aromatic rings. The Morgan fingerprint density at radius 1 is 1.16 bits per heavy atom. The summed E-state index contributed by atoms with van der Waals surface area (Å²) in [5, 5.41) is 17.5. The third kappa shape index (κ3) is 14.9. The topological polar surface area (TPSA) is 220 Å². The molecule has 0 aromatic heterocycles. The van der Waals surface area contributed by atoms with Gasteiger partial charge in [0.2, 0.25) is 12.3 Å². The highest BCUT2D eigenvalue weighted by molar-refractivity contribution is 5.91. The van der Waals surface area contributed by atoms with Crippen molar-refractivity contribution >= 4 is 44.1 Å². The zero-order chi connectivity index (χ0) is 35.0. The van der Waals surface area contributed by atoms with Gasteiger partial charge < -0.3 is 46.2 Å². The van der Waals surface area contributed by atoms with E-state index < -0.39 is 17.7 Å². The van der Waals surface area contributed by atoms with Gasteiger partial charge in [-0.1, -0.05) is 44.2 Å². The smallest absolute Gasteiger partial charge is 0.290 e. The zero-order valence-electron chi connectivity index (χ0n) is 27.2. The van der Waals surface area contributed by atoms with E-state index in [1.165, 1.54) is 17.4 Å². The third-order valence-electron chi connectivity index (χ3n) is 7.70. The number of hydrogen-bond donors (Lipinski definition) is 5. The van der Waals surface area contributed by atoms with Crippen LogP contribution in [0.15, 0.2) is 30.3 Å². The Kier molecular flexibility index (Phi) is 23.1. The number of likely N-dealkylation sites (N-methyl/N-ethyl adjacent to an activating group) is 1. The largest absolute Gasteiger partial charge is 0.483 e. The molecule has 2 heterocycles. The van der Waals surface area contributed by atoms with Gasteiger partial charge in [-0.25, -0.2) is 0 Å². The van der Waals surface area contributed by atoms with Gasteiger partial charge in [-0.2, -0.15) is 0 Å². The van der Waals surface area contributed by atoms with Crippen LogP contribution >= 0.6 is 0 Å².